The van der Waals surface area contributed by atoms with Crippen molar-refractivity contribution in [2.24, 2.45) is 0 Å². The standard InChI is InChI=1S/C26H24N4O2.C25H22N4O2.C2H6/c1-18(20-12-10-19(15-27)11-13-20)17-29-24(21-6-3-2-4-7-21)14-25(31)30-23-9-5-8-22(16-28)26(23)32;26-16-19-11-9-18(10-12-19)13-14-28-23(20-5-2-1-3-6-20)15-24(30)29-22-8-4-7-21(17-27)25(22)31;1-2/h2-13,18,24,29,32H,14,17H2,1H3,(H,30,31);1-12,23,28,31H,13-15H2,(H,29,30);1-2H3/t18?,24-;23-;/m00./s1. The maximum Gasteiger partial charge on any atom is 0.226 e. The zero-order valence-corrected chi connectivity index (χ0v) is 36.6. The van der Waals surface area contributed by atoms with Crippen molar-refractivity contribution in [3.8, 4) is 35.8 Å². The lowest BCUT2D eigenvalue weighted by molar-refractivity contribution is -0.117. The lowest BCUT2D eigenvalue weighted by Gasteiger charge is -2.22. The van der Waals surface area contributed by atoms with E-state index in [0.717, 1.165) is 28.7 Å². The van der Waals surface area contributed by atoms with Crippen molar-refractivity contribution in [1.82, 2.24) is 10.6 Å². The van der Waals surface area contributed by atoms with Gasteiger partial charge in [0.1, 0.15) is 12.1 Å². The molecule has 3 atom stereocenters. The third-order valence-corrected chi connectivity index (χ3v) is 10.2. The van der Waals surface area contributed by atoms with Gasteiger partial charge in [0.15, 0.2) is 11.5 Å². The van der Waals surface area contributed by atoms with Crippen molar-refractivity contribution >= 4 is 23.2 Å². The second kappa shape index (κ2) is 26.3. The van der Waals surface area contributed by atoms with E-state index in [9.17, 15) is 19.8 Å². The maximum atomic E-state index is 12.8. The highest BCUT2D eigenvalue weighted by Crippen LogP contribution is 2.29. The van der Waals surface area contributed by atoms with Gasteiger partial charge in [0.2, 0.25) is 11.8 Å². The number of carbonyl (C=O) groups excluding carboxylic acids is 2. The molecule has 0 saturated carbocycles. The molecule has 6 aromatic carbocycles. The topological polar surface area (TPSA) is 218 Å². The second-order valence-corrected chi connectivity index (χ2v) is 14.6. The number of carbonyl (C=O) groups is 2. The number of para-hydroxylation sites is 2. The van der Waals surface area contributed by atoms with E-state index in [2.05, 4.69) is 40.3 Å². The van der Waals surface area contributed by atoms with Crippen LogP contribution < -0.4 is 21.3 Å². The summed E-state index contributed by atoms with van der Waals surface area (Å²) in [6.07, 6.45) is 1.07. The molecule has 0 aromatic heterocycles. The van der Waals surface area contributed by atoms with Crippen LogP contribution in [0, 0.1) is 45.3 Å². The summed E-state index contributed by atoms with van der Waals surface area (Å²) in [5.41, 5.74) is 6.05. The molecule has 328 valence electrons. The van der Waals surface area contributed by atoms with Crippen LogP contribution in [0.2, 0.25) is 0 Å². The molecule has 2 amide bonds. The number of phenolic OH excluding ortho intramolecular Hbond substituents is 2. The average molecular weight is 865 g/mol. The monoisotopic (exact) mass is 864 g/mol. The Kier molecular flexibility index (Phi) is 20.0. The van der Waals surface area contributed by atoms with Gasteiger partial charge >= 0.3 is 0 Å². The molecule has 0 aliphatic rings. The van der Waals surface area contributed by atoms with Gasteiger partial charge in [-0.1, -0.05) is 118 Å². The summed E-state index contributed by atoms with van der Waals surface area (Å²) in [6, 6.07) is 51.2. The number of nitriles is 4. The Bertz CT molecular complexity index is 2630. The number of amides is 2. The van der Waals surface area contributed by atoms with Crippen molar-refractivity contribution in [3.05, 3.63) is 190 Å². The van der Waals surface area contributed by atoms with E-state index in [4.69, 9.17) is 21.0 Å². The van der Waals surface area contributed by atoms with Gasteiger partial charge in [-0.2, -0.15) is 21.0 Å². The Morgan fingerprint density at radius 1 is 0.523 bits per heavy atom. The normalized spacial score (nSPS) is 11.4. The van der Waals surface area contributed by atoms with E-state index in [0.29, 0.717) is 24.2 Å². The van der Waals surface area contributed by atoms with Crippen molar-refractivity contribution in [1.29, 1.82) is 21.0 Å². The smallest absolute Gasteiger partial charge is 0.226 e. The summed E-state index contributed by atoms with van der Waals surface area (Å²) >= 11 is 0. The van der Waals surface area contributed by atoms with Crippen LogP contribution in [-0.2, 0) is 16.0 Å². The minimum atomic E-state index is -0.275. The molecule has 12 nitrogen and oxygen atoms in total. The number of nitrogens with zero attached hydrogens (tertiary/aromatic N) is 4. The van der Waals surface area contributed by atoms with Crippen molar-refractivity contribution < 1.29 is 19.8 Å². The summed E-state index contributed by atoms with van der Waals surface area (Å²) in [5, 5.41) is 68.6. The highest BCUT2D eigenvalue weighted by molar-refractivity contribution is 5.94. The average Bonchev–Trinajstić information content (AvgIpc) is 3.35. The largest absolute Gasteiger partial charge is 0.504 e. The molecule has 0 heterocycles. The highest BCUT2D eigenvalue weighted by Gasteiger charge is 2.20. The molecule has 0 saturated heterocycles. The predicted molar refractivity (Wildman–Crippen MR) is 252 cm³/mol. The number of nitrogens with one attached hydrogen (secondary N) is 4. The number of benzene rings is 6. The number of phenols is 2. The van der Waals surface area contributed by atoms with Crippen molar-refractivity contribution in [2.45, 2.75) is 58.0 Å². The third-order valence-electron chi connectivity index (χ3n) is 10.2. The fraction of sp³-hybridized carbons (Fsp3) is 0.208. The summed E-state index contributed by atoms with van der Waals surface area (Å²) in [7, 11) is 0. The lowest BCUT2D eigenvalue weighted by atomic mass is 9.98. The fourth-order valence-electron chi connectivity index (χ4n) is 6.69. The molecule has 0 fully saturated rings. The molecule has 0 aliphatic heterocycles. The Morgan fingerprint density at radius 3 is 1.38 bits per heavy atom. The summed E-state index contributed by atoms with van der Waals surface area (Å²) in [4.78, 5) is 25.4. The first-order valence-corrected chi connectivity index (χ1v) is 21.2. The van der Waals surface area contributed by atoms with Crippen LogP contribution >= 0.6 is 0 Å². The quantitative estimate of drug-likeness (QED) is 0.0506. The van der Waals surface area contributed by atoms with Crippen LogP contribution in [-0.4, -0.2) is 35.1 Å². The summed E-state index contributed by atoms with van der Waals surface area (Å²) in [5.74, 6) is -0.841. The van der Waals surface area contributed by atoms with Gasteiger partial charge in [-0.25, -0.2) is 0 Å². The number of rotatable bonds is 16. The van der Waals surface area contributed by atoms with E-state index < -0.39 is 0 Å². The molecule has 12 heteroatoms. The number of hydrogen-bond acceptors (Lipinski definition) is 10. The minimum absolute atomic E-state index is 0.108. The third kappa shape index (κ3) is 15.3. The molecule has 6 N–H and O–H groups in total. The first-order chi connectivity index (χ1) is 31.6. The zero-order valence-electron chi connectivity index (χ0n) is 36.6. The number of anilines is 2. The van der Waals surface area contributed by atoms with Gasteiger partial charge in [0.25, 0.3) is 0 Å². The Morgan fingerprint density at radius 2 is 0.954 bits per heavy atom. The van der Waals surface area contributed by atoms with Crippen molar-refractivity contribution in [3.63, 3.8) is 0 Å². The van der Waals surface area contributed by atoms with Gasteiger partial charge in [-0.3, -0.25) is 9.59 Å². The molecule has 1 unspecified atom stereocenters. The summed E-state index contributed by atoms with van der Waals surface area (Å²) < 4.78 is 0. The van der Waals surface area contributed by atoms with E-state index in [-0.39, 0.29) is 76.7 Å². The van der Waals surface area contributed by atoms with Crippen LogP contribution in [0.25, 0.3) is 0 Å². The Balaban J connectivity index is 0.000000274. The molecule has 65 heavy (non-hydrogen) atoms. The van der Waals surface area contributed by atoms with E-state index >= 15 is 0 Å². The highest BCUT2D eigenvalue weighted by atomic mass is 16.3. The molecule has 0 spiro atoms. The van der Waals surface area contributed by atoms with Crippen LogP contribution in [0.3, 0.4) is 0 Å². The summed E-state index contributed by atoms with van der Waals surface area (Å²) in [6.45, 7) is 7.36. The molecule has 0 aliphatic carbocycles. The SMILES string of the molecule is CC.CC(CN[C@@H](CC(=O)Nc1cccc(C#N)c1O)c1ccccc1)c1ccc(C#N)cc1.N#Cc1ccc(CCN[C@@H](CC(=O)Nc2cccc(C#N)c2O)c2ccccc2)cc1. The van der Waals surface area contributed by atoms with E-state index in [1.165, 1.54) is 12.1 Å². The van der Waals surface area contributed by atoms with Crippen LogP contribution in [0.1, 0.15) is 96.1 Å². The van der Waals surface area contributed by atoms with E-state index in [1.54, 1.807) is 48.5 Å². The molecule has 6 aromatic rings. The predicted octanol–water partition coefficient (Wildman–Crippen LogP) is 9.66. The van der Waals surface area contributed by atoms with Crippen LogP contribution in [0.15, 0.2) is 146 Å². The van der Waals surface area contributed by atoms with Crippen LogP contribution in [0.4, 0.5) is 11.4 Å². The zero-order chi connectivity index (χ0) is 47.0. The molecule has 0 radical (unpaired) electrons. The number of aromatic hydroxyl groups is 2. The molecular formula is C53H52N8O4. The molecule has 6 rings (SSSR count). The van der Waals surface area contributed by atoms with Gasteiger partial charge in [-0.15, -0.1) is 0 Å². The Labute approximate surface area is 381 Å². The number of hydrogen-bond donors (Lipinski definition) is 6. The second-order valence-electron chi connectivity index (χ2n) is 14.6. The van der Waals surface area contributed by atoms with Gasteiger partial charge < -0.3 is 31.5 Å². The van der Waals surface area contributed by atoms with E-state index in [1.807, 2.05) is 111 Å². The Hall–Kier alpha value is -8.26. The minimum Gasteiger partial charge on any atom is -0.504 e. The maximum absolute atomic E-state index is 12.8. The fourth-order valence-corrected chi connectivity index (χ4v) is 6.69. The lowest BCUT2D eigenvalue weighted by Crippen LogP contribution is -2.29. The first-order valence-electron chi connectivity index (χ1n) is 21.2. The molecule has 0 bridgehead atoms. The van der Waals surface area contributed by atoms with Gasteiger partial charge in [0.05, 0.1) is 45.8 Å². The van der Waals surface area contributed by atoms with Crippen LogP contribution in [0.5, 0.6) is 11.5 Å². The molecular weight excluding hydrogens is 813 g/mol. The van der Waals surface area contributed by atoms with Crippen molar-refractivity contribution in [2.75, 3.05) is 23.7 Å². The first kappa shape index (κ1) is 49.4. The van der Waals surface area contributed by atoms with Gasteiger partial charge in [0, 0.05) is 31.5 Å². The van der Waals surface area contributed by atoms with Gasteiger partial charge in [-0.05, 0) is 89.7 Å².